The Balaban J connectivity index is 1.58. The predicted molar refractivity (Wildman–Crippen MR) is 111 cm³/mol. The van der Waals surface area contributed by atoms with Crippen molar-refractivity contribution >= 4 is 41.3 Å². The van der Waals surface area contributed by atoms with Crippen molar-refractivity contribution in [2.45, 2.75) is 17.9 Å². The first-order valence-corrected chi connectivity index (χ1v) is 10.0. The second kappa shape index (κ2) is 9.85. The molecule has 1 aliphatic heterocycles. The molecule has 162 valence electrons. The molecule has 31 heavy (non-hydrogen) atoms. The summed E-state index contributed by atoms with van der Waals surface area (Å²) < 4.78 is 15.6. The maximum Gasteiger partial charge on any atom is 0.340 e. The number of benzene rings is 2. The molecule has 1 atom stereocenters. The van der Waals surface area contributed by atoms with E-state index in [4.69, 9.17) is 19.9 Å². The van der Waals surface area contributed by atoms with Crippen LogP contribution in [0.3, 0.4) is 0 Å². The van der Waals surface area contributed by atoms with E-state index in [0.717, 1.165) is 11.8 Å². The normalized spacial score (nSPS) is 12.5. The average Bonchev–Trinajstić information content (AvgIpc) is 3.19. The van der Waals surface area contributed by atoms with Gasteiger partial charge in [0.2, 0.25) is 12.7 Å². The molecule has 0 spiro atoms. The number of carbonyl (C=O) groups excluding carboxylic acids is 4. The lowest BCUT2D eigenvalue weighted by Gasteiger charge is -2.14. The van der Waals surface area contributed by atoms with Crippen LogP contribution < -0.4 is 25.8 Å². The molecule has 2 aromatic carbocycles. The number of hydrogen-bond donors (Lipinski definition) is 3. The Morgan fingerprint density at radius 2 is 1.87 bits per heavy atom. The van der Waals surface area contributed by atoms with Crippen LogP contribution in [0, 0.1) is 0 Å². The Hall–Kier alpha value is -3.73. The molecule has 1 heterocycles. The van der Waals surface area contributed by atoms with Crippen LogP contribution in [0.5, 0.6) is 11.5 Å². The number of carbonyl (C=O) groups is 4. The molecule has 0 radical (unpaired) electrons. The topological polar surface area (TPSA) is 146 Å². The van der Waals surface area contributed by atoms with E-state index in [-0.39, 0.29) is 24.0 Å². The summed E-state index contributed by atoms with van der Waals surface area (Å²) in [6.45, 7) is 1.45. The number of nitrogens with one attached hydrogen (secondary N) is 2. The summed E-state index contributed by atoms with van der Waals surface area (Å²) in [6.07, 6.45) is -1.23. The van der Waals surface area contributed by atoms with Crippen LogP contribution in [0.1, 0.15) is 17.3 Å². The Morgan fingerprint density at radius 3 is 2.65 bits per heavy atom. The molecule has 4 amide bonds. The van der Waals surface area contributed by atoms with Gasteiger partial charge in [-0.25, -0.2) is 9.59 Å². The van der Waals surface area contributed by atoms with Crippen LogP contribution in [0.4, 0.5) is 10.5 Å². The van der Waals surface area contributed by atoms with Crippen molar-refractivity contribution in [3.05, 3.63) is 48.0 Å². The van der Waals surface area contributed by atoms with Crippen molar-refractivity contribution in [3.63, 3.8) is 0 Å². The molecule has 0 unspecified atom stereocenters. The van der Waals surface area contributed by atoms with Crippen molar-refractivity contribution < 1.29 is 33.4 Å². The highest BCUT2D eigenvalue weighted by atomic mass is 32.2. The fourth-order valence-electron chi connectivity index (χ4n) is 2.58. The summed E-state index contributed by atoms with van der Waals surface area (Å²) >= 11 is 1.13. The van der Waals surface area contributed by atoms with Crippen LogP contribution in [-0.2, 0) is 14.3 Å². The predicted octanol–water partition coefficient (Wildman–Crippen LogP) is 1.89. The van der Waals surface area contributed by atoms with E-state index in [2.05, 4.69) is 5.32 Å². The van der Waals surface area contributed by atoms with Crippen molar-refractivity contribution in [3.8, 4) is 11.5 Å². The first-order valence-electron chi connectivity index (χ1n) is 9.06. The van der Waals surface area contributed by atoms with E-state index >= 15 is 0 Å². The summed E-state index contributed by atoms with van der Waals surface area (Å²) in [7, 11) is 0. The number of rotatable bonds is 7. The molecule has 10 nitrogen and oxygen atoms in total. The zero-order valence-electron chi connectivity index (χ0n) is 16.4. The van der Waals surface area contributed by atoms with Crippen LogP contribution in [0.25, 0.3) is 0 Å². The molecule has 0 aromatic heterocycles. The van der Waals surface area contributed by atoms with Gasteiger partial charge in [0.15, 0.2) is 17.6 Å². The van der Waals surface area contributed by atoms with E-state index in [9.17, 15) is 19.2 Å². The highest BCUT2D eigenvalue weighted by Gasteiger charge is 2.22. The number of primary amides is 1. The van der Waals surface area contributed by atoms with E-state index in [0.29, 0.717) is 22.1 Å². The minimum atomic E-state index is -1.23. The maximum absolute atomic E-state index is 12.5. The average molecular weight is 445 g/mol. The summed E-state index contributed by atoms with van der Waals surface area (Å²) in [6, 6.07) is 10.5. The lowest BCUT2D eigenvalue weighted by Crippen LogP contribution is -2.42. The van der Waals surface area contributed by atoms with E-state index in [1.807, 2.05) is 5.32 Å². The standard InChI is InChI=1S/C20H19N3O7S/c1-11(18(25)23-20(21)27)30-19(26)13-4-2-3-5-16(13)31-9-17(24)22-12-6-7-14-15(8-12)29-10-28-14/h2-8,11H,9-10H2,1H3,(H,22,24)(H3,21,23,25,27)/t11-/m0/s1. The van der Waals surface area contributed by atoms with Crippen molar-refractivity contribution in [1.82, 2.24) is 5.32 Å². The first kappa shape index (κ1) is 22.0. The maximum atomic E-state index is 12.5. The Bertz CT molecular complexity index is 1030. The van der Waals surface area contributed by atoms with Crippen LogP contribution in [0.2, 0.25) is 0 Å². The number of urea groups is 1. The lowest BCUT2D eigenvalue weighted by atomic mass is 10.2. The van der Waals surface area contributed by atoms with Gasteiger partial charge in [0.05, 0.1) is 11.3 Å². The second-order valence-electron chi connectivity index (χ2n) is 6.30. The minimum absolute atomic E-state index is 0.0243. The Morgan fingerprint density at radius 1 is 1.13 bits per heavy atom. The number of esters is 1. The fraction of sp³-hybridized carbons (Fsp3) is 0.200. The smallest absolute Gasteiger partial charge is 0.340 e. The van der Waals surface area contributed by atoms with Gasteiger partial charge in [-0.1, -0.05) is 12.1 Å². The van der Waals surface area contributed by atoms with Gasteiger partial charge in [0.1, 0.15) is 0 Å². The van der Waals surface area contributed by atoms with Crippen molar-refractivity contribution in [2.75, 3.05) is 17.9 Å². The molecule has 1 aliphatic rings. The quantitative estimate of drug-likeness (QED) is 0.433. The van der Waals surface area contributed by atoms with Gasteiger partial charge in [-0.15, -0.1) is 11.8 Å². The largest absolute Gasteiger partial charge is 0.454 e. The number of hydrogen-bond acceptors (Lipinski definition) is 8. The van der Waals surface area contributed by atoms with E-state index < -0.39 is 24.0 Å². The number of amides is 4. The summed E-state index contributed by atoms with van der Waals surface area (Å²) in [4.78, 5) is 47.7. The molecule has 0 bridgehead atoms. The molecule has 0 fully saturated rings. The Labute approximate surface area is 181 Å². The lowest BCUT2D eigenvalue weighted by molar-refractivity contribution is -0.127. The summed E-state index contributed by atoms with van der Waals surface area (Å²) in [5.41, 5.74) is 5.62. The molecular weight excluding hydrogens is 426 g/mol. The van der Waals surface area contributed by atoms with Crippen molar-refractivity contribution in [1.29, 1.82) is 0 Å². The summed E-state index contributed by atoms with van der Waals surface area (Å²) in [5.74, 6) is -0.718. The molecule has 4 N–H and O–H groups in total. The number of imide groups is 1. The van der Waals surface area contributed by atoms with E-state index in [1.54, 1.807) is 36.4 Å². The molecule has 0 aliphatic carbocycles. The van der Waals surface area contributed by atoms with Crippen LogP contribution >= 0.6 is 11.8 Å². The Kier molecular flexibility index (Phi) is 6.98. The third-order valence-corrected chi connectivity index (χ3v) is 5.10. The monoisotopic (exact) mass is 445 g/mol. The molecule has 2 aromatic rings. The van der Waals surface area contributed by atoms with Gasteiger partial charge < -0.3 is 25.3 Å². The van der Waals surface area contributed by atoms with Gasteiger partial charge in [-0.05, 0) is 31.2 Å². The zero-order chi connectivity index (χ0) is 22.4. The van der Waals surface area contributed by atoms with Gasteiger partial charge in [0, 0.05) is 16.6 Å². The fourth-order valence-corrected chi connectivity index (χ4v) is 3.42. The van der Waals surface area contributed by atoms with Crippen LogP contribution in [0.15, 0.2) is 47.4 Å². The molecule has 3 rings (SSSR count). The van der Waals surface area contributed by atoms with Gasteiger partial charge in [-0.2, -0.15) is 0 Å². The SMILES string of the molecule is C[C@H](OC(=O)c1ccccc1SCC(=O)Nc1ccc2c(c1)OCO2)C(=O)NC(N)=O. The number of anilines is 1. The minimum Gasteiger partial charge on any atom is -0.454 e. The number of nitrogens with two attached hydrogens (primary N) is 1. The first-order chi connectivity index (χ1) is 14.8. The van der Waals surface area contributed by atoms with Gasteiger partial charge in [0.25, 0.3) is 5.91 Å². The van der Waals surface area contributed by atoms with E-state index in [1.165, 1.54) is 13.0 Å². The van der Waals surface area contributed by atoms with Crippen LogP contribution in [-0.4, -0.2) is 42.5 Å². The molecule has 0 saturated carbocycles. The summed E-state index contributed by atoms with van der Waals surface area (Å²) in [5, 5.41) is 4.59. The zero-order valence-corrected chi connectivity index (χ0v) is 17.2. The van der Waals surface area contributed by atoms with Crippen molar-refractivity contribution in [2.24, 2.45) is 5.73 Å². The third kappa shape index (κ3) is 5.89. The highest BCUT2D eigenvalue weighted by Crippen LogP contribution is 2.34. The molecule has 11 heteroatoms. The molecule has 0 saturated heterocycles. The molecular formula is C20H19N3O7S. The van der Waals surface area contributed by atoms with Gasteiger partial charge in [-0.3, -0.25) is 14.9 Å². The number of ether oxygens (including phenoxy) is 3. The van der Waals surface area contributed by atoms with Gasteiger partial charge >= 0.3 is 12.0 Å². The number of thioether (sulfide) groups is 1. The highest BCUT2D eigenvalue weighted by molar-refractivity contribution is 8.00. The second-order valence-corrected chi connectivity index (χ2v) is 7.32. The third-order valence-electron chi connectivity index (χ3n) is 4.02. The number of fused-ring (bicyclic) bond motifs is 1.